The molecule has 0 saturated carbocycles. The number of hydrogen-bond donors (Lipinski definition) is 0. The molecule has 0 spiro atoms. The van der Waals surface area contributed by atoms with Crippen molar-refractivity contribution < 1.29 is 4.74 Å². The first-order valence-electron chi connectivity index (χ1n) is 8.48. The van der Waals surface area contributed by atoms with Crippen LogP contribution in [0.25, 0.3) is 6.08 Å². The monoisotopic (exact) mass is 321 g/mol. The van der Waals surface area contributed by atoms with Gasteiger partial charge in [-0.2, -0.15) is 0 Å². The van der Waals surface area contributed by atoms with E-state index in [4.69, 9.17) is 4.74 Å². The fourth-order valence-corrected chi connectivity index (χ4v) is 3.47. The second-order valence-electron chi connectivity index (χ2n) is 6.43. The Morgan fingerprint density at radius 3 is 2.50 bits per heavy atom. The van der Waals surface area contributed by atoms with Crippen LogP contribution < -0.4 is 4.74 Å². The number of fused-ring (bicyclic) bond motifs is 3. The van der Waals surface area contributed by atoms with E-state index in [1.165, 1.54) is 44.5 Å². The Labute approximate surface area is 141 Å². The number of nitrogens with zero attached hydrogens (tertiary/aromatic N) is 1. The fourth-order valence-electron chi connectivity index (χ4n) is 3.47. The first-order chi connectivity index (χ1) is 10.3. The largest absolute Gasteiger partial charge is 0.494 e. The Morgan fingerprint density at radius 2 is 1.91 bits per heavy atom. The van der Waals surface area contributed by atoms with Gasteiger partial charge in [0.2, 0.25) is 0 Å². The van der Waals surface area contributed by atoms with E-state index >= 15 is 0 Å². The minimum absolute atomic E-state index is 0. The van der Waals surface area contributed by atoms with Crippen molar-refractivity contribution in [3.63, 3.8) is 0 Å². The van der Waals surface area contributed by atoms with Gasteiger partial charge < -0.3 is 9.64 Å². The van der Waals surface area contributed by atoms with Crippen molar-refractivity contribution in [2.45, 2.75) is 32.6 Å². The van der Waals surface area contributed by atoms with E-state index in [-0.39, 0.29) is 12.4 Å². The number of rotatable bonds is 6. The molecule has 3 saturated heterocycles. The highest BCUT2D eigenvalue weighted by molar-refractivity contribution is 5.85. The molecule has 0 aromatic heterocycles. The van der Waals surface area contributed by atoms with Gasteiger partial charge in [-0.25, -0.2) is 0 Å². The van der Waals surface area contributed by atoms with Crippen molar-refractivity contribution in [2.75, 3.05) is 26.2 Å². The highest BCUT2D eigenvalue weighted by Crippen LogP contribution is 2.33. The van der Waals surface area contributed by atoms with Crippen molar-refractivity contribution in [1.82, 2.24) is 4.90 Å². The molecule has 1 unspecified atom stereocenters. The summed E-state index contributed by atoms with van der Waals surface area (Å²) in [5.41, 5.74) is 1.29. The molecular formula is C19H28ClNO. The fraction of sp³-hybridized carbons (Fsp3) is 0.579. The van der Waals surface area contributed by atoms with Gasteiger partial charge in [0.25, 0.3) is 0 Å². The van der Waals surface area contributed by atoms with Crippen LogP contribution in [0, 0.1) is 11.8 Å². The van der Waals surface area contributed by atoms with Gasteiger partial charge in [0.05, 0.1) is 6.61 Å². The summed E-state index contributed by atoms with van der Waals surface area (Å²) in [6.07, 6.45) is 9.81. The predicted molar refractivity (Wildman–Crippen MR) is 95.8 cm³/mol. The minimum Gasteiger partial charge on any atom is -0.494 e. The van der Waals surface area contributed by atoms with Gasteiger partial charge in [-0.15, -0.1) is 12.4 Å². The standard InChI is InChI=1S/C19H27NO.ClH/c1-2-3-14-21-19-8-5-16(6-9-19)4-7-18-15-20-12-10-17(18)11-13-20;/h4-9,17-18H,2-3,10-15H2,1H3;1H. The second kappa shape index (κ2) is 8.59. The number of piperidine rings is 3. The summed E-state index contributed by atoms with van der Waals surface area (Å²) in [7, 11) is 0. The van der Waals surface area contributed by atoms with Gasteiger partial charge in [-0.1, -0.05) is 37.6 Å². The van der Waals surface area contributed by atoms with Crippen molar-refractivity contribution >= 4 is 18.5 Å². The lowest BCUT2D eigenvalue weighted by Gasteiger charge is -2.43. The third-order valence-electron chi connectivity index (χ3n) is 4.89. The summed E-state index contributed by atoms with van der Waals surface area (Å²) < 4.78 is 5.71. The van der Waals surface area contributed by atoms with Gasteiger partial charge in [0.1, 0.15) is 5.75 Å². The Balaban J connectivity index is 0.00000176. The topological polar surface area (TPSA) is 12.5 Å². The molecule has 0 radical (unpaired) electrons. The average Bonchev–Trinajstić information content (AvgIpc) is 2.55. The highest BCUT2D eigenvalue weighted by Gasteiger charge is 2.32. The molecule has 4 rings (SSSR count). The molecule has 3 heterocycles. The molecule has 3 heteroatoms. The molecule has 3 aliphatic rings. The summed E-state index contributed by atoms with van der Waals surface area (Å²) in [5, 5.41) is 0. The van der Waals surface area contributed by atoms with E-state index in [9.17, 15) is 0 Å². The number of unbranched alkanes of at least 4 members (excludes halogenated alkanes) is 1. The first kappa shape index (κ1) is 17.4. The summed E-state index contributed by atoms with van der Waals surface area (Å²) in [6, 6.07) is 8.51. The van der Waals surface area contributed by atoms with Crippen molar-refractivity contribution in [3.8, 4) is 5.75 Å². The SMILES string of the molecule is CCCCOc1ccc(C=CC2CN3CCC2CC3)cc1.Cl. The lowest BCUT2D eigenvalue weighted by molar-refractivity contribution is 0.0740. The maximum atomic E-state index is 5.71. The van der Waals surface area contributed by atoms with Crippen LogP contribution in [0.2, 0.25) is 0 Å². The summed E-state index contributed by atoms with van der Waals surface area (Å²) in [5.74, 6) is 2.67. The molecule has 22 heavy (non-hydrogen) atoms. The Bertz CT molecular complexity index is 463. The van der Waals surface area contributed by atoms with Gasteiger partial charge in [0.15, 0.2) is 0 Å². The van der Waals surface area contributed by atoms with Crippen LogP contribution in [-0.2, 0) is 0 Å². The smallest absolute Gasteiger partial charge is 0.119 e. The van der Waals surface area contributed by atoms with E-state index in [0.29, 0.717) is 0 Å². The van der Waals surface area contributed by atoms with Crippen LogP contribution >= 0.6 is 12.4 Å². The molecule has 2 bridgehead atoms. The minimum atomic E-state index is 0. The molecule has 122 valence electrons. The zero-order valence-corrected chi connectivity index (χ0v) is 14.4. The van der Waals surface area contributed by atoms with Crippen molar-refractivity contribution in [2.24, 2.45) is 11.8 Å². The van der Waals surface area contributed by atoms with Crippen LogP contribution in [-0.4, -0.2) is 31.1 Å². The van der Waals surface area contributed by atoms with Crippen molar-refractivity contribution in [3.05, 3.63) is 35.9 Å². The van der Waals surface area contributed by atoms with Gasteiger partial charge >= 0.3 is 0 Å². The molecule has 1 aromatic rings. The number of halogens is 1. The second-order valence-corrected chi connectivity index (χ2v) is 6.43. The van der Waals surface area contributed by atoms with Gasteiger partial charge in [0, 0.05) is 6.54 Å². The lowest BCUT2D eigenvalue weighted by Crippen LogP contribution is -2.46. The van der Waals surface area contributed by atoms with Crippen molar-refractivity contribution in [1.29, 1.82) is 0 Å². The molecular weight excluding hydrogens is 294 g/mol. The van der Waals surface area contributed by atoms with Crippen LogP contribution in [0.3, 0.4) is 0 Å². The summed E-state index contributed by atoms with van der Waals surface area (Å²) in [6.45, 7) is 6.91. The summed E-state index contributed by atoms with van der Waals surface area (Å²) in [4.78, 5) is 2.61. The van der Waals surface area contributed by atoms with Gasteiger partial charge in [-0.05, 0) is 61.9 Å². The zero-order valence-electron chi connectivity index (χ0n) is 13.5. The molecule has 1 atom stereocenters. The van der Waals surface area contributed by atoms with E-state index in [2.05, 4.69) is 48.2 Å². The third-order valence-corrected chi connectivity index (χ3v) is 4.89. The molecule has 3 aliphatic heterocycles. The number of ether oxygens (including phenoxy) is 1. The number of benzene rings is 1. The molecule has 0 aliphatic carbocycles. The van der Waals surface area contributed by atoms with Crippen LogP contribution in [0.1, 0.15) is 38.2 Å². The van der Waals surface area contributed by atoms with Gasteiger partial charge in [-0.3, -0.25) is 0 Å². The normalized spacial score (nSPS) is 26.9. The first-order valence-corrected chi connectivity index (χ1v) is 8.48. The Kier molecular flexibility index (Phi) is 6.78. The van der Waals surface area contributed by atoms with Crippen LogP contribution in [0.5, 0.6) is 5.75 Å². The van der Waals surface area contributed by atoms with E-state index in [0.717, 1.165) is 30.6 Å². The van der Waals surface area contributed by atoms with E-state index < -0.39 is 0 Å². The molecule has 0 amide bonds. The molecule has 0 N–H and O–H groups in total. The van der Waals surface area contributed by atoms with Crippen LogP contribution in [0.15, 0.2) is 30.3 Å². The lowest BCUT2D eigenvalue weighted by atomic mass is 9.79. The quantitative estimate of drug-likeness (QED) is 0.708. The molecule has 1 aromatic carbocycles. The van der Waals surface area contributed by atoms with E-state index in [1.54, 1.807) is 0 Å². The third kappa shape index (κ3) is 4.50. The number of hydrogen-bond acceptors (Lipinski definition) is 2. The van der Waals surface area contributed by atoms with E-state index in [1.807, 2.05) is 0 Å². The highest BCUT2D eigenvalue weighted by atomic mass is 35.5. The average molecular weight is 322 g/mol. The summed E-state index contributed by atoms with van der Waals surface area (Å²) >= 11 is 0. The zero-order chi connectivity index (χ0) is 14.5. The molecule has 3 fully saturated rings. The Hall–Kier alpha value is -0.990. The maximum absolute atomic E-state index is 5.71. The Morgan fingerprint density at radius 1 is 1.18 bits per heavy atom. The predicted octanol–water partition coefficient (Wildman–Crippen LogP) is 4.64. The maximum Gasteiger partial charge on any atom is 0.119 e. The molecule has 2 nitrogen and oxygen atoms in total. The van der Waals surface area contributed by atoms with Crippen LogP contribution in [0.4, 0.5) is 0 Å².